The minimum atomic E-state index is -3.69. The summed E-state index contributed by atoms with van der Waals surface area (Å²) in [7, 11) is -3.69. The monoisotopic (exact) mass is 264 g/mol. The molecule has 0 spiro atoms. The molecule has 0 aromatic heterocycles. The second-order valence-corrected chi connectivity index (χ2v) is 5.37. The van der Waals surface area contributed by atoms with E-state index in [0.717, 1.165) is 0 Å². The van der Waals surface area contributed by atoms with Crippen LogP contribution in [-0.4, -0.2) is 13.5 Å². The second kappa shape index (κ2) is 4.58. The fourth-order valence-electron chi connectivity index (χ4n) is 1.42. The number of sulfonamides is 1. The van der Waals surface area contributed by atoms with Crippen LogP contribution in [0, 0.1) is 0 Å². The lowest BCUT2D eigenvalue weighted by molar-refractivity contribution is 0.477. The van der Waals surface area contributed by atoms with E-state index in [2.05, 4.69) is 4.72 Å². The Morgan fingerprint density at radius 3 is 2.33 bits per heavy atom. The highest BCUT2D eigenvalue weighted by Gasteiger charge is 2.15. The summed E-state index contributed by atoms with van der Waals surface area (Å²) < 4.78 is 26.4. The maximum absolute atomic E-state index is 12.0. The van der Waals surface area contributed by atoms with Crippen LogP contribution in [0.15, 0.2) is 53.4 Å². The molecule has 94 valence electrons. The predicted molar refractivity (Wildman–Crippen MR) is 69.8 cm³/mol. The Labute approximate surface area is 105 Å². The second-order valence-electron chi connectivity index (χ2n) is 3.69. The predicted octanol–water partition coefficient (Wildman–Crippen LogP) is 1.78. The molecule has 2 aromatic rings. The standard InChI is InChI=1S/C12H12N2O3S/c13-11-8-10(6-7-12(11)15)18(16,17)14-9-4-2-1-3-5-9/h1-8,14-15H,13H2. The lowest BCUT2D eigenvalue weighted by Crippen LogP contribution is -2.13. The molecule has 0 aliphatic rings. The first-order chi connectivity index (χ1) is 8.49. The molecule has 18 heavy (non-hydrogen) atoms. The van der Waals surface area contributed by atoms with Crippen molar-refractivity contribution in [2.24, 2.45) is 0 Å². The SMILES string of the molecule is Nc1cc(S(=O)(=O)Nc2ccccc2)ccc1O. The first-order valence-electron chi connectivity index (χ1n) is 5.15. The van der Waals surface area contributed by atoms with Crippen molar-refractivity contribution in [3.8, 4) is 5.75 Å². The highest BCUT2D eigenvalue weighted by Crippen LogP contribution is 2.24. The van der Waals surface area contributed by atoms with E-state index in [1.54, 1.807) is 30.3 Å². The Morgan fingerprint density at radius 2 is 1.72 bits per heavy atom. The van der Waals surface area contributed by atoms with E-state index in [-0.39, 0.29) is 16.3 Å². The molecular formula is C12H12N2O3S. The van der Waals surface area contributed by atoms with Gasteiger partial charge in [-0.05, 0) is 30.3 Å². The van der Waals surface area contributed by atoms with Crippen LogP contribution in [0.1, 0.15) is 0 Å². The molecule has 2 aromatic carbocycles. The summed E-state index contributed by atoms with van der Waals surface area (Å²) in [5.41, 5.74) is 5.95. The molecule has 0 fully saturated rings. The van der Waals surface area contributed by atoms with Gasteiger partial charge < -0.3 is 10.8 Å². The molecule has 0 unspecified atom stereocenters. The zero-order valence-electron chi connectivity index (χ0n) is 9.37. The molecule has 6 heteroatoms. The van der Waals surface area contributed by atoms with Crippen LogP contribution < -0.4 is 10.5 Å². The molecule has 2 rings (SSSR count). The number of rotatable bonds is 3. The van der Waals surface area contributed by atoms with Crippen molar-refractivity contribution in [2.75, 3.05) is 10.5 Å². The van der Waals surface area contributed by atoms with Gasteiger partial charge in [-0.25, -0.2) is 8.42 Å². The number of phenolic OH excluding ortho intramolecular Hbond substituents is 1. The van der Waals surface area contributed by atoms with Crippen molar-refractivity contribution < 1.29 is 13.5 Å². The fraction of sp³-hybridized carbons (Fsp3) is 0. The van der Waals surface area contributed by atoms with Gasteiger partial charge in [0.1, 0.15) is 5.75 Å². The first-order valence-corrected chi connectivity index (χ1v) is 6.64. The topological polar surface area (TPSA) is 92.4 Å². The maximum atomic E-state index is 12.0. The van der Waals surface area contributed by atoms with Crippen molar-refractivity contribution in [2.45, 2.75) is 4.90 Å². The molecular weight excluding hydrogens is 252 g/mol. The van der Waals surface area contributed by atoms with Crippen molar-refractivity contribution in [3.63, 3.8) is 0 Å². The minimum Gasteiger partial charge on any atom is -0.506 e. The van der Waals surface area contributed by atoms with E-state index in [1.807, 2.05) is 0 Å². The number of nitrogens with one attached hydrogen (secondary N) is 1. The Morgan fingerprint density at radius 1 is 1.06 bits per heavy atom. The van der Waals surface area contributed by atoms with E-state index in [4.69, 9.17) is 5.73 Å². The maximum Gasteiger partial charge on any atom is 0.261 e. The van der Waals surface area contributed by atoms with Crippen LogP contribution in [0.25, 0.3) is 0 Å². The summed E-state index contributed by atoms with van der Waals surface area (Å²) in [4.78, 5) is 0.00153. The van der Waals surface area contributed by atoms with Gasteiger partial charge in [0.15, 0.2) is 0 Å². The summed E-state index contributed by atoms with van der Waals surface area (Å²) in [5, 5.41) is 9.26. The van der Waals surface area contributed by atoms with Crippen molar-refractivity contribution in [3.05, 3.63) is 48.5 Å². The van der Waals surface area contributed by atoms with Gasteiger partial charge in [-0.1, -0.05) is 18.2 Å². The normalized spacial score (nSPS) is 11.1. The molecule has 0 aliphatic heterocycles. The molecule has 0 radical (unpaired) electrons. The summed E-state index contributed by atoms with van der Waals surface area (Å²) in [6.45, 7) is 0. The van der Waals surface area contributed by atoms with Crippen molar-refractivity contribution in [1.29, 1.82) is 0 Å². The number of aromatic hydroxyl groups is 1. The number of benzene rings is 2. The molecule has 4 N–H and O–H groups in total. The molecule has 5 nitrogen and oxygen atoms in total. The number of phenols is 1. The Kier molecular flexibility index (Phi) is 3.12. The van der Waals surface area contributed by atoms with Crippen LogP contribution in [0.5, 0.6) is 5.75 Å². The largest absolute Gasteiger partial charge is 0.506 e. The number of nitrogen functional groups attached to an aromatic ring is 1. The number of nitrogens with two attached hydrogens (primary N) is 1. The zero-order valence-corrected chi connectivity index (χ0v) is 10.2. The smallest absolute Gasteiger partial charge is 0.261 e. The summed E-state index contributed by atoms with van der Waals surface area (Å²) in [6.07, 6.45) is 0. The Balaban J connectivity index is 2.34. The Bertz CT molecular complexity index is 654. The molecule has 0 saturated carbocycles. The number of hydrogen-bond donors (Lipinski definition) is 3. The summed E-state index contributed by atoms with van der Waals surface area (Å²) in [5.74, 6) is -0.145. The third kappa shape index (κ3) is 2.54. The van der Waals surface area contributed by atoms with Gasteiger partial charge in [-0.15, -0.1) is 0 Å². The van der Waals surface area contributed by atoms with E-state index < -0.39 is 10.0 Å². The van der Waals surface area contributed by atoms with Crippen molar-refractivity contribution >= 4 is 21.4 Å². The highest BCUT2D eigenvalue weighted by molar-refractivity contribution is 7.92. The number of para-hydroxylation sites is 1. The molecule has 0 amide bonds. The molecule has 0 bridgehead atoms. The Hall–Kier alpha value is -2.21. The van der Waals surface area contributed by atoms with Gasteiger partial charge in [0.05, 0.1) is 10.6 Å². The van der Waals surface area contributed by atoms with Crippen molar-refractivity contribution in [1.82, 2.24) is 0 Å². The fourth-order valence-corrected chi connectivity index (χ4v) is 2.51. The van der Waals surface area contributed by atoms with E-state index >= 15 is 0 Å². The van der Waals surface area contributed by atoms with Gasteiger partial charge in [0.25, 0.3) is 10.0 Å². The van der Waals surface area contributed by atoms with Gasteiger partial charge in [0, 0.05) is 5.69 Å². The third-order valence-corrected chi connectivity index (χ3v) is 3.71. The first kappa shape index (κ1) is 12.3. The zero-order chi connectivity index (χ0) is 13.2. The summed E-state index contributed by atoms with van der Waals surface area (Å²) in [6, 6.07) is 12.3. The lowest BCUT2D eigenvalue weighted by atomic mass is 10.3. The van der Waals surface area contributed by atoms with Crippen LogP contribution >= 0.6 is 0 Å². The van der Waals surface area contributed by atoms with E-state index in [9.17, 15) is 13.5 Å². The van der Waals surface area contributed by atoms with E-state index in [1.165, 1.54) is 18.2 Å². The average Bonchev–Trinajstić information content (AvgIpc) is 2.33. The van der Waals surface area contributed by atoms with Gasteiger partial charge in [-0.2, -0.15) is 0 Å². The van der Waals surface area contributed by atoms with E-state index in [0.29, 0.717) is 5.69 Å². The van der Waals surface area contributed by atoms with Crippen LogP contribution in [0.2, 0.25) is 0 Å². The molecule has 0 atom stereocenters. The van der Waals surface area contributed by atoms with Gasteiger partial charge in [0.2, 0.25) is 0 Å². The van der Waals surface area contributed by atoms with Crippen LogP contribution in [-0.2, 0) is 10.0 Å². The average molecular weight is 264 g/mol. The minimum absolute atomic E-state index is 0.00153. The van der Waals surface area contributed by atoms with Crippen LogP contribution in [0.4, 0.5) is 11.4 Å². The number of hydrogen-bond acceptors (Lipinski definition) is 4. The highest BCUT2D eigenvalue weighted by atomic mass is 32.2. The molecule has 0 aliphatic carbocycles. The quantitative estimate of drug-likeness (QED) is 0.582. The van der Waals surface area contributed by atoms with Gasteiger partial charge in [-0.3, -0.25) is 4.72 Å². The lowest BCUT2D eigenvalue weighted by Gasteiger charge is -2.08. The third-order valence-electron chi connectivity index (χ3n) is 2.34. The van der Waals surface area contributed by atoms with Crippen LogP contribution in [0.3, 0.4) is 0 Å². The molecule has 0 saturated heterocycles. The molecule has 0 heterocycles. The van der Waals surface area contributed by atoms with Gasteiger partial charge >= 0.3 is 0 Å². The summed E-state index contributed by atoms with van der Waals surface area (Å²) >= 11 is 0. The number of anilines is 2.